The van der Waals surface area contributed by atoms with E-state index in [1.54, 1.807) is 14.2 Å². The van der Waals surface area contributed by atoms with Crippen LogP contribution in [0.4, 0.5) is 0 Å². The predicted molar refractivity (Wildman–Crippen MR) is 86.9 cm³/mol. The Morgan fingerprint density at radius 1 is 1.24 bits per heavy atom. The number of nitrogens with zero attached hydrogens (tertiary/aromatic N) is 1. The summed E-state index contributed by atoms with van der Waals surface area (Å²) >= 11 is 0. The van der Waals surface area contributed by atoms with Crippen LogP contribution in [0.25, 0.3) is 0 Å². The molecule has 0 saturated carbocycles. The minimum Gasteiger partial charge on any atom is -0.491 e. The number of ether oxygens (including phenoxy) is 2. The van der Waals surface area contributed by atoms with Gasteiger partial charge in [-0.25, -0.2) is 0 Å². The standard InChI is InChI=1S/C16H27N3O2/c1-16(2,3)19-15(17-4)18-12-13-7-6-8-14(11-13)21-10-9-20-5/h6-8,11H,9-10,12H2,1-5H3,(H2,17,18,19). The molecule has 0 aromatic heterocycles. The van der Waals surface area contributed by atoms with Gasteiger partial charge in [-0.05, 0) is 38.5 Å². The molecule has 0 amide bonds. The summed E-state index contributed by atoms with van der Waals surface area (Å²) in [5.74, 6) is 1.64. The molecule has 0 radical (unpaired) electrons. The van der Waals surface area contributed by atoms with Crippen molar-refractivity contribution in [2.75, 3.05) is 27.4 Å². The lowest BCUT2D eigenvalue weighted by molar-refractivity contribution is 0.146. The first-order valence-electron chi connectivity index (χ1n) is 7.14. The zero-order chi connectivity index (χ0) is 15.7. The average Bonchev–Trinajstić information content (AvgIpc) is 2.43. The first-order valence-corrected chi connectivity index (χ1v) is 7.14. The SMILES string of the molecule is CN=C(NCc1cccc(OCCOC)c1)NC(C)(C)C. The van der Waals surface area contributed by atoms with Crippen molar-refractivity contribution in [3.05, 3.63) is 29.8 Å². The minimum absolute atomic E-state index is 0.0209. The van der Waals surface area contributed by atoms with Gasteiger partial charge < -0.3 is 20.1 Å². The van der Waals surface area contributed by atoms with Gasteiger partial charge in [0.05, 0.1) is 6.61 Å². The van der Waals surface area contributed by atoms with Crippen molar-refractivity contribution in [2.24, 2.45) is 4.99 Å². The fourth-order valence-corrected chi connectivity index (χ4v) is 1.71. The Bertz CT molecular complexity index is 453. The normalized spacial score (nSPS) is 12.1. The quantitative estimate of drug-likeness (QED) is 0.479. The van der Waals surface area contributed by atoms with E-state index in [0.29, 0.717) is 19.8 Å². The first kappa shape index (κ1) is 17.3. The topological polar surface area (TPSA) is 54.9 Å². The fraction of sp³-hybridized carbons (Fsp3) is 0.562. The van der Waals surface area contributed by atoms with Crippen LogP contribution in [0.3, 0.4) is 0 Å². The van der Waals surface area contributed by atoms with E-state index < -0.39 is 0 Å². The first-order chi connectivity index (χ1) is 9.94. The van der Waals surface area contributed by atoms with Crippen molar-refractivity contribution in [2.45, 2.75) is 32.9 Å². The van der Waals surface area contributed by atoms with Gasteiger partial charge in [-0.15, -0.1) is 0 Å². The van der Waals surface area contributed by atoms with E-state index in [9.17, 15) is 0 Å². The summed E-state index contributed by atoms with van der Waals surface area (Å²) < 4.78 is 10.6. The maximum absolute atomic E-state index is 5.60. The summed E-state index contributed by atoms with van der Waals surface area (Å²) in [5.41, 5.74) is 1.12. The lowest BCUT2D eigenvalue weighted by Crippen LogP contribution is -2.47. The highest BCUT2D eigenvalue weighted by atomic mass is 16.5. The smallest absolute Gasteiger partial charge is 0.191 e. The van der Waals surface area contributed by atoms with Gasteiger partial charge in [0, 0.05) is 26.2 Å². The van der Waals surface area contributed by atoms with Crippen molar-refractivity contribution in [1.29, 1.82) is 0 Å². The molecule has 2 N–H and O–H groups in total. The van der Waals surface area contributed by atoms with Crippen molar-refractivity contribution in [1.82, 2.24) is 10.6 Å². The summed E-state index contributed by atoms with van der Waals surface area (Å²) in [6.07, 6.45) is 0. The van der Waals surface area contributed by atoms with E-state index in [2.05, 4.69) is 42.5 Å². The van der Waals surface area contributed by atoms with Gasteiger partial charge in [-0.1, -0.05) is 12.1 Å². The van der Waals surface area contributed by atoms with Gasteiger partial charge in [0.25, 0.3) is 0 Å². The molecular formula is C16H27N3O2. The minimum atomic E-state index is -0.0209. The highest BCUT2D eigenvalue weighted by Gasteiger charge is 2.11. The zero-order valence-electron chi connectivity index (χ0n) is 13.7. The van der Waals surface area contributed by atoms with Crippen LogP contribution < -0.4 is 15.4 Å². The molecule has 1 rings (SSSR count). The molecule has 0 saturated heterocycles. The molecular weight excluding hydrogens is 266 g/mol. The van der Waals surface area contributed by atoms with Crippen LogP contribution in [-0.2, 0) is 11.3 Å². The second-order valence-corrected chi connectivity index (χ2v) is 5.79. The third kappa shape index (κ3) is 7.56. The molecule has 1 aromatic rings. The molecule has 1 aromatic carbocycles. The van der Waals surface area contributed by atoms with Crippen molar-refractivity contribution in [3.63, 3.8) is 0 Å². The lowest BCUT2D eigenvalue weighted by Gasteiger charge is -2.23. The van der Waals surface area contributed by atoms with Gasteiger partial charge in [-0.2, -0.15) is 0 Å². The van der Waals surface area contributed by atoms with Crippen LogP contribution in [0, 0.1) is 0 Å². The van der Waals surface area contributed by atoms with E-state index in [1.165, 1.54) is 0 Å². The Morgan fingerprint density at radius 2 is 2.00 bits per heavy atom. The molecule has 0 aliphatic rings. The Hall–Kier alpha value is -1.75. The Labute approximate surface area is 127 Å². The maximum atomic E-state index is 5.60. The summed E-state index contributed by atoms with van der Waals surface area (Å²) in [6, 6.07) is 8.01. The monoisotopic (exact) mass is 293 g/mol. The third-order valence-electron chi connectivity index (χ3n) is 2.63. The van der Waals surface area contributed by atoms with Crippen LogP contribution in [-0.4, -0.2) is 38.9 Å². The second kappa shape index (κ2) is 8.52. The molecule has 0 bridgehead atoms. The number of rotatable bonds is 6. The molecule has 0 spiro atoms. The number of methoxy groups -OCH3 is 1. The van der Waals surface area contributed by atoms with Gasteiger partial charge in [0.1, 0.15) is 12.4 Å². The summed E-state index contributed by atoms with van der Waals surface area (Å²) in [4.78, 5) is 4.22. The summed E-state index contributed by atoms with van der Waals surface area (Å²) in [7, 11) is 3.43. The second-order valence-electron chi connectivity index (χ2n) is 5.79. The third-order valence-corrected chi connectivity index (χ3v) is 2.63. The van der Waals surface area contributed by atoms with E-state index in [1.807, 2.05) is 18.2 Å². The highest BCUT2D eigenvalue weighted by molar-refractivity contribution is 5.80. The van der Waals surface area contributed by atoms with Crippen LogP contribution in [0.15, 0.2) is 29.3 Å². The van der Waals surface area contributed by atoms with Crippen molar-refractivity contribution >= 4 is 5.96 Å². The Kier molecular flexibility index (Phi) is 7.02. The molecule has 5 nitrogen and oxygen atoms in total. The van der Waals surface area contributed by atoms with E-state index >= 15 is 0 Å². The lowest BCUT2D eigenvalue weighted by atomic mass is 10.1. The molecule has 21 heavy (non-hydrogen) atoms. The molecule has 0 unspecified atom stereocenters. The molecule has 5 heteroatoms. The summed E-state index contributed by atoms with van der Waals surface area (Å²) in [6.45, 7) is 8.14. The molecule has 0 aliphatic carbocycles. The van der Waals surface area contributed by atoms with Crippen LogP contribution in [0.5, 0.6) is 5.75 Å². The van der Waals surface area contributed by atoms with E-state index in [4.69, 9.17) is 9.47 Å². The van der Waals surface area contributed by atoms with Gasteiger partial charge in [-0.3, -0.25) is 4.99 Å². The summed E-state index contributed by atoms with van der Waals surface area (Å²) in [5, 5.41) is 6.62. The van der Waals surface area contributed by atoms with Crippen LogP contribution in [0.2, 0.25) is 0 Å². The zero-order valence-corrected chi connectivity index (χ0v) is 13.7. The molecule has 0 fully saturated rings. The number of aliphatic imine (C=N–C) groups is 1. The van der Waals surface area contributed by atoms with Gasteiger partial charge >= 0.3 is 0 Å². The number of hydrogen-bond acceptors (Lipinski definition) is 3. The van der Waals surface area contributed by atoms with Gasteiger partial charge in [0.15, 0.2) is 5.96 Å². The molecule has 0 atom stereocenters. The number of hydrogen-bond donors (Lipinski definition) is 2. The Morgan fingerprint density at radius 3 is 2.62 bits per heavy atom. The largest absolute Gasteiger partial charge is 0.491 e. The van der Waals surface area contributed by atoms with Crippen LogP contribution in [0.1, 0.15) is 26.3 Å². The van der Waals surface area contributed by atoms with Crippen molar-refractivity contribution in [3.8, 4) is 5.75 Å². The Balaban J connectivity index is 2.52. The molecule has 118 valence electrons. The number of nitrogens with one attached hydrogen (secondary N) is 2. The van der Waals surface area contributed by atoms with E-state index in [-0.39, 0.29) is 5.54 Å². The maximum Gasteiger partial charge on any atom is 0.191 e. The van der Waals surface area contributed by atoms with Gasteiger partial charge in [0.2, 0.25) is 0 Å². The van der Waals surface area contributed by atoms with E-state index in [0.717, 1.165) is 17.3 Å². The average molecular weight is 293 g/mol. The number of benzene rings is 1. The molecule has 0 aliphatic heterocycles. The molecule has 0 heterocycles. The highest BCUT2D eigenvalue weighted by Crippen LogP contribution is 2.13. The predicted octanol–water partition coefficient (Wildman–Crippen LogP) is 2.18. The number of guanidine groups is 1. The fourth-order valence-electron chi connectivity index (χ4n) is 1.71. The van der Waals surface area contributed by atoms with Crippen LogP contribution >= 0.6 is 0 Å². The van der Waals surface area contributed by atoms with Crippen molar-refractivity contribution < 1.29 is 9.47 Å².